The van der Waals surface area contributed by atoms with E-state index in [1.807, 2.05) is 32.0 Å². The number of amidine groups is 1. The third-order valence-electron chi connectivity index (χ3n) is 5.03. The quantitative estimate of drug-likeness (QED) is 0.782. The SMILES string of the molecule is Cc1ccc(N2C(SCc3ccccc3F)=N[C@@H]3CS(=O)(=O)C[C@H]32)c(C)c1. The molecule has 2 aromatic rings. The van der Waals surface area contributed by atoms with Crippen LogP contribution in [0.2, 0.25) is 0 Å². The van der Waals surface area contributed by atoms with Crippen molar-refractivity contribution in [2.75, 3.05) is 16.4 Å². The molecule has 0 aliphatic carbocycles. The van der Waals surface area contributed by atoms with Gasteiger partial charge < -0.3 is 4.90 Å². The molecule has 0 radical (unpaired) electrons. The maximum Gasteiger partial charge on any atom is 0.164 e. The molecule has 0 unspecified atom stereocenters. The van der Waals surface area contributed by atoms with Crippen LogP contribution in [0, 0.1) is 19.7 Å². The van der Waals surface area contributed by atoms with E-state index in [9.17, 15) is 12.8 Å². The fraction of sp³-hybridized carbons (Fsp3) is 0.350. The Hall–Kier alpha value is -1.86. The highest BCUT2D eigenvalue weighted by molar-refractivity contribution is 8.13. The van der Waals surface area contributed by atoms with Gasteiger partial charge in [-0.05, 0) is 37.1 Å². The van der Waals surface area contributed by atoms with Gasteiger partial charge in [0.2, 0.25) is 0 Å². The predicted molar refractivity (Wildman–Crippen MR) is 110 cm³/mol. The minimum Gasteiger partial charge on any atom is -0.315 e. The molecule has 0 saturated carbocycles. The molecule has 0 spiro atoms. The summed E-state index contributed by atoms with van der Waals surface area (Å²) in [6, 6.07) is 12.4. The maximum absolute atomic E-state index is 14.0. The lowest BCUT2D eigenvalue weighted by Crippen LogP contribution is -2.39. The number of thioether (sulfide) groups is 1. The van der Waals surface area contributed by atoms with Crippen LogP contribution in [-0.2, 0) is 15.6 Å². The summed E-state index contributed by atoms with van der Waals surface area (Å²) in [6.07, 6.45) is 0. The Morgan fingerprint density at radius 3 is 2.70 bits per heavy atom. The molecule has 0 N–H and O–H groups in total. The molecule has 2 aromatic carbocycles. The molecule has 4 nitrogen and oxygen atoms in total. The Morgan fingerprint density at radius 2 is 1.96 bits per heavy atom. The number of hydrogen-bond donors (Lipinski definition) is 0. The van der Waals surface area contributed by atoms with Crippen LogP contribution < -0.4 is 4.90 Å². The number of aliphatic imine (C=N–C) groups is 1. The first-order valence-corrected chi connectivity index (χ1v) is 11.7. The highest BCUT2D eigenvalue weighted by Gasteiger charge is 2.47. The van der Waals surface area contributed by atoms with Crippen molar-refractivity contribution < 1.29 is 12.8 Å². The number of sulfone groups is 1. The fourth-order valence-electron chi connectivity index (χ4n) is 3.75. The van der Waals surface area contributed by atoms with Crippen molar-refractivity contribution in [1.29, 1.82) is 0 Å². The average molecular weight is 405 g/mol. The summed E-state index contributed by atoms with van der Waals surface area (Å²) in [6.45, 7) is 4.06. The predicted octanol–water partition coefficient (Wildman–Crippen LogP) is 3.72. The van der Waals surface area contributed by atoms with Crippen LogP contribution in [-0.4, -0.2) is 37.2 Å². The van der Waals surface area contributed by atoms with Gasteiger partial charge in [0.15, 0.2) is 15.0 Å². The zero-order chi connectivity index (χ0) is 19.2. The number of halogens is 1. The molecule has 2 heterocycles. The molecule has 1 saturated heterocycles. The zero-order valence-corrected chi connectivity index (χ0v) is 16.9. The summed E-state index contributed by atoms with van der Waals surface area (Å²) in [5.41, 5.74) is 3.84. The highest BCUT2D eigenvalue weighted by Crippen LogP contribution is 2.37. The highest BCUT2D eigenvalue weighted by atomic mass is 32.2. The Balaban J connectivity index is 1.66. The van der Waals surface area contributed by atoms with E-state index in [1.165, 1.54) is 17.8 Å². The molecule has 0 aromatic heterocycles. The number of nitrogens with zero attached hydrogens (tertiary/aromatic N) is 2. The Bertz CT molecular complexity index is 1020. The lowest BCUT2D eigenvalue weighted by Gasteiger charge is -2.28. The van der Waals surface area contributed by atoms with Crippen LogP contribution in [0.3, 0.4) is 0 Å². The van der Waals surface area contributed by atoms with E-state index in [0.717, 1.165) is 22.0 Å². The van der Waals surface area contributed by atoms with Crippen LogP contribution in [0.4, 0.5) is 10.1 Å². The standard InChI is InChI=1S/C20H21FN2O2S2/c1-13-7-8-18(14(2)9-13)23-19-12-27(24,25)11-17(19)22-20(23)26-10-15-5-3-4-6-16(15)21/h3-9,17,19H,10-12H2,1-2H3/t17-,19-/m1/s1. The van der Waals surface area contributed by atoms with Crippen molar-refractivity contribution in [3.05, 3.63) is 65.0 Å². The number of anilines is 1. The van der Waals surface area contributed by atoms with Crippen LogP contribution in [0.25, 0.3) is 0 Å². The Morgan fingerprint density at radius 1 is 1.19 bits per heavy atom. The van der Waals surface area contributed by atoms with E-state index < -0.39 is 9.84 Å². The van der Waals surface area contributed by atoms with Gasteiger partial charge >= 0.3 is 0 Å². The first-order chi connectivity index (χ1) is 12.8. The van der Waals surface area contributed by atoms with Gasteiger partial charge in [-0.15, -0.1) is 0 Å². The summed E-state index contributed by atoms with van der Waals surface area (Å²) in [7, 11) is -3.08. The second-order valence-electron chi connectivity index (χ2n) is 7.16. The van der Waals surface area contributed by atoms with Crippen LogP contribution >= 0.6 is 11.8 Å². The molecular formula is C20H21FN2O2S2. The molecule has 0 bridgehead atoms. The number of aryl methyl sites for hydroxylation is 2. The lowest BCUT2D eigenvalue weighted by molar-refractivity contribution is 0.601. The lowest BCUT2D eigenvalue weighted by atomic mass is 10.1. The normalized spacial score (nSPS) is 23.4. The molecule has 0 amide bonds. The summed E-state index contributed by atoms with van der Waals surface area (Å²) >= 11 is 1.47. The van der Waals surface area contributed by atoms with Gasteiger partial charge in [-0.2, -0.15) is 0 Å². The monoisotopic (exact) mass is 404 g/mol. The molecule has 2 atom stereocenters. The Labute approximate surface area is 163 Å². The van der Waals surface area contributed by atoms with Crippen LogP contribution in [0.1, 0.15) is 16.7 Å². The number of benzene rings is 2. The maximum atomic E-state index is 14.0. The first kappa shape index (κ1) is 18.5. The van der Waals surface area contributed by atoms with E-state index >= 15 is 0 Å². The number of rotatable bonds is 3. The molecule has 2 aliphatic heterocycles. The number of fused-ring (bicyclic) bond motifs is 1. The smallest absolute Gasteiger partial charge is 0.164 e. The van der Waals surface area contributed by atoms with Gasteiger partial charge in [0, 0.05) is 11.4 Å². The molecule has 2 aliphatic rings. The molecular weight excluding hydrogens is 383 g/mol. The van der Waals surface area contributed by atoms with Gasteiger partial charge in [-0.3, -0.25) is 4.99 Å². The minimum atomic E-state index is -3.08. The van der Waals surface area contributed by atoms with Crippen LogP contribution in [0.15, 0.2) is 47.5 Å². The first-order valence-electron chi connectivity index (χ1n) is 8.85. The van der Waals surface area contributed by atoms with E-state index in [4.69, 9.17) is 4.99 Å². The third-order valence-corrected chi connectivity index (χ3v) is 7.75. The van der Waals surface area contributed by atoms with Gasteiger partial charge in [0.05, 0.1) is 23.6 Å². The zero-order valence-electron chi connectivity index (χ0n) is 15.2. The Kier molecular flexibility index (Phi) is 4.76. The van der Waals surface area contributed by atoms with Gasteiger partial charge in [-0.25, -0.2) is 12.8 Å². The minimum absolute atomic E-state index is 0.0861. The van der Waals surface area contributed by atoms with Crippen molar-refractivity contribution in [2.45, 2.75) is 31.7 Å². The largest absolute Gasteiger partial charge is 0.315 e. The molecule has 4 rings (SSSR count). The molecule has 27 heavy (non-hydrogen) atoms. The van der Waals surface area contributed by atoms with Gasteiger partial charge in [-0.1, -0.05) is 47.7 Å². The van der Waals surface area contributed by atoms with E-state index in [0.29, 0.717) is 11.3 Å². The van der Waals surface area contributed by atoms with Crippen molar-refractivity contribution in [1.82, 2.24) is 0 Å². The van der Waals surface area contributed by atoms with Gasteiger partial charge in [0.1, 0.15) is 5.82 Å². The molecule has 7 heteroatoms. The average Bonchev–Trinajstić information content (AvgIpc) is 3.06. The summed E-state index contributed by atoms with van der Waals surface area (Å²) in [5, 5.41) is 0.773. The second kappa shape index (κ2) is 6.95. The van der Waals surface area contributed by atoms with Crippen LogP contribution in [0.5, 0.6) is 0 Å². The van der Waals surface area contributed by atoms with E-state index in [2.05, 4.69) is 11.0 Å². The summed E-state index contributed by atoms with van der Waals surface area (Å²) in [4.78, 5) is 6.77. The van der Waals surface area contributed by atoms with Crippen molar-refractivity contribution >= 4 is 32.5 Å². The van der Waals surface area contributed by atoms with E-state index in [1.54, 1.807) is 12.1 Å². The topological polar surface area (TPSA) is 49.7 Å². The van der Waals surface area contributed by atoms with Crippen molar-refractivity contribution in [3.63, 3.8) is 0 Å². The fourth-order valence-corrected chi connectivity index (χ4v) is 6.69. The van der Waals surface area contributed by atoms with E-state index in [-0.39, 0.29) is 29.4 Å². The molecule has 142 valence electrons. The number of hydrogen-bond acceptors (Lipinski definition) is 5. The van der Waals surface area contributed by atoms with Crippen molar-refractivity contribution in [3.8, 4) is 0 Å². The third kappa shape index (κ3) is 3.62. The summed E-state index contributed by atoms with van der Waals surface area (Å²) < 4.78 is 38.3. The van der Waals surface area contributed by atoms with Gasteiger partial charge in [0.25, 0.3) is 0 Å². The molecule has 1 fully saturated rings. The summed E-state index contributed by atoms with van der Waals surface area (Å²) in [5.74, 6) is 0.421. The van der Waals surface area contributed by atoms with Crippen molar-refractivity contribution in [2.24, 2.45) is 4.99 Å². The second-order valence-corrected chi connectivity index (χ2v) is 10.3.